The van der Waals surface area contributed by atoms with Gasteiger partial charge in [-0.3, -0.25) is 9.59 Å². The van der Waals surface area contributed by atoms with Crippen LogP contribution in [0.15, 0.2) is 6.07 Å². The van der Waals surface area contributed by atoms with Gasteiger partial charge in [-0.15, -0.1) is 0 Å². The van der Waals surface area contributed by atoms with E-state index in [0.29, 0.717) is 19.1 Å². The number of carboxylic acid groups (broad SMARTS) is 1. The van der Waals surface area contributed by atoms with Gasteiger partial charge in [0, 0.05) is 35.7 Å². The Kier molecular flexibility index (Phi) is 5.73. The fraction of sp³-hybridized carbons (Fsp3) is 0.526. The van der Waals surface area contributed by atoms with Crippen LogP contribution in [-0.2, 0) is 20.7 Å². The SMILES string of the molecule is Cc1cc(C)nc(-n2nc(C)c(CC(=O)N3CCOC(CC(=O)O)C3)c2C)n1. The number of aromatic nitrogens is 4. The zero-order valence-corrected chi connectivity index (χ0v) is 16.6. The monoisotopic (exact) mass is 387 g/mol. The maximum atomic E-state index is 12.8. The first-order valence-corrected chi connectivity index (χ1v) is 9.23. The van der Waals surface area contributed by atoms with E-state index in [1.54, 1.807) is 9.58 Å². The van der Waals surface area contributed by atoms with Gasteiger partial charge in [0.25, 0.3) is 5.95 Å². The lowest BCUT2D eigenvalue weighted by atomic mass is 10.1. The summed E-state index contributed by atoms with van der Waals surface area (Å²) in [7, 11) is 0. The van der Waals surface area contributed by atoms with Crippen molar-refractivity contribution in [1.29, 1.82) is 0 Å². The molecule has 1 aliphatic rings. The van der Waals surface area contributed by atoms with Crippen LogP contribution in [0.25, 0.3) is 5.95 Å². The molecule has 0 aromatic carbocycles. The van der Waals surface area contributed by atoms with E-state index in [9.17, 15) is 9.59 Å². The zero-order valence-electron chi connectivity index (χ0n) is 16.6. The minimum Gasteiger partial charge on any atom is -0.481 e. The number of carbonyl (C=O) groups excluding carboxylic acids is 1. The molecule has 0 aliphatic carbocycles. The van der Waals surface area contributed by atoms with Gasteiger partial charge in [-0.2, -0.15) is 5.10 Å². The Morgan fingerprint density at radius 3 is 2.54 bits per heavy atom. The van der Waals surface area contributed by atoms with Crippen molar-refractivity contribution in [3.05, 3.63) is 34.4 Å². The number of morpholine rings is 1. The molecule has 3 rings (SSSR count). The number of hydrogen-bond donors (Lipinski definition) is 1. The molecule has 28 heavy (non-hydrogen) atoms. The predicted octanol–water partition coefficient (Wildman–Crippen LogP) is 1.14. The number of aliphatic carboxylic acids is 1. The highest BCUT2D eigenvalue weighted by atomic mass is 16.5. The molecule has 9 heteroatoms. The summed E-state index contributed by atoms with van der Waals surface area (Å²) in [5, 5.41) is 13.5. The van der Waals surface area contributed by atoms with Crippen LogP contribution < -0.4 is 0 Å². The van der Waals surface area contributed by atoms with Crippen molar-refractivity contribution in [2.75, 3.05) is 19.7 Å². The van der Waals surface area contributed by atoms with Gasteiger partial charge >= 0.3 is 5.97 Å². The largest absolute Gasteiger partial charge is 0.481 e. The van der Waals surface area contributed by atoms with E-state index >= 15 is 0 Å². The molecule has 1 fully saturated rings. The van der Waals surface area contributed by atoms with Gasteiger partial charge in [0.15, 0.2) is 0 Å². The van der Waals surface area contributed by atoms with E-state index in [-0.39, 0.29) is 25.3 Å². The Bertz CT molecular complexity index is 888. The molecule has 1 N–H and O–H groups in total. The van der Waals surface area contributed by atoms with Gasteiger partial charge in [0.1, 0.15) is 0 Å². The number of amides is 1. The molecular weight excluding hydrogens is 362 g/mol. The Hall–Kier alpha value is -2.81. The number of nitrogens with zero attached hydrogens (tertiary/aromatic N) is 5. The molecule has 150 valence electrons. The summed E-state index contributed by atoms with van der Waals surface area (Å²) in [4.78, 5) is 34.3. The fourth-order valence-corrected chi connectivity index (χ4v) is 3.45. The van der Waals surface area contributed by atoms with Crippen LogP contribution in [0.4, 0.5) is 0 Å². The van der Waals surface area contributed by atoms with Gasteiger partial charge in [-0.05, 0) is 33.8 Å². The summed E-state index contributed by atoms with van der Waals surface area (Å²) in [5.74, 6) is -0.504. The Balaban J connectivity index is 1.78. The molecule has 0 radical (unpaired) electrons. The van der Waals surface area contributed by atoms with Gasteiger partial charge in [0.05, 0.1) is 31.2 Å². The highest BCUT2D eigenvalue weighted by Gasteiger charge is 2.27. The fourth-order valence-electron chi connectivity index (χ4n) is 3.45. The molecular formula is C19H25N5O4. The standard InChI is InChI=1S/C19H25N5O4/c1-11-7-12(2)21-19(20-11)24-14(4)16(13(3)22-24)9-17(25)23-5-6-28-15(10-23)8-18(26)27/h7,15H,5-6,8-10H2,1-4H3,(H,26,27). The summed E-state index contributed by atoms with van der Waals surface area (Å²) < 4.78 is 7.11. The average Bonchev–Trinajstić information content (AvgIpc) is 2.89. The molecule has 1 amide bonds. The van der Waals surface area contributed by atoms with Crippen LogP contribution in [0.2, 0.25) is 0 Å². The molecule has 1 atom stereocenters. The minimum atomic E-state index is -0.930. The predicted molar refractivity (Wildman–Crippen MR) is 100 cm³/mol. The number of ether oxygens (including phenoxy) is 1. The lowest BCUT2D eigenvalue weighted by Gasteiger charge is -2.32. The summed E-state index contributed by atoms with van der Waals surface area (Å²) >= 11 is 0. The van der Waals surface area contributed by atoms with Crippen LogP contribution in [0, 0.1) is 27.7 Å². The Morgan fingerprint density at radius 1 is 1.21 bits per heavy atom. The topological polar surface area (TPSA) is 110 Å². The van der Waals surface area contributed by atoms with E-state index in [1.807, 2.05) is 33.8 Å². The van der Waals surface area contributed by atoms with Crippen LogP contribution in [-0.4, -0.2) is 67.4 Å². The van der Waals surface area contributed by atoms with Crippen LogP contribution in [0.3, 0.4) is 0 Å². The number of rotatable bonds is 5. The van der Waals surface area contributed by atoms with Gasteiger partial charge in [0.2, 0.25) is 5.91 Å². The van der Waals surface area contributed by atoms with Crippen LogP contribution in [0.1, 0.15) is 34.8 Å². The Morgan fingerprint density at radius 2 is 1.89 bits per heavy atom. The first-order valence-electron chi connectivity index (χ1n) is 9.23. The molecule has 0 saturated carbocycles. The molecule has 3 heterocycles. The quantitative estimate of drug-likeness (QED) is 0.819. The average molecular weight is 387 g/mol. The summed E-state index contributed by atoms with van der Waals surface area (Å²) in [6, 6.07) is 1.89. The third-order valence-corrected chi connectivity index (χ3v) is 4.82. The molecule has 1 aliphatic heterocycles. The molecule has 0 bridgehead atoms. The van der Waals surface area contributed by atoms with Gasteiger partial charge in [-0.25, -0.2) is 14.6 Å². The minimum absolute atomic E-state index is 0.0641. The van der Waals surface area contributed by atoms with E-state index in [4.69, 9.17) is 9.84 Å². The van der Waals surface area contributed by atoms with Crippen molar-refractivity contribution in [2.45, 2.75) is 46.6 Å². The second-order valence-electron chi connectivity index (χ2n) is 7.12. The smallest absolute Gasteiger partial charge is 0.306 e. The van der Waals surface area contributed by atoms with E-state index < -0.39 is 12.1 Å². The maximum absolute atomic E-state index is 12.8. The molecule has 1 saturated heterocycles. The lowest BCUT2D eigenvalue weighted by Crippen LogP contribution is -2.46. The molecule has 2 aromatic heterocycles. The van der Waals surface area contributed by atoms with Crippen molar-refractivity contribution in [1.82, 2.24) is 24.6 Å². The summed E-state index contributed by atoms with van der Waals surface area (Å²) in [5.41, 5.74) is 4.13. The van der Waals surface area contributed by atoms with E-state index in [1.165, 1.54) is 0 Å². The summed E-state index contributed by atoms with van der Waals surface area (Å²) in [6.45, 7) is 8.66. The van der Waals surface area contributed by atoms with Gasteiger partial charge in [-0.1, -0.05) is 0 Å². The van der Waals surface area contributed by atoms with Gasteiger partial charge < -0.3 is 14.7 Å². The van der Waals surface area contributed by atoms with Crippen molar-refractivity contribution in [3.63, 3.8) is 0 Å². The second-order valence-corrected chi connectivity index (χ2v) is 7.12. The van der Waals surface area contributed by atoms with E-state index in [2.05, 4.69) is 15.1 Å². The molecule has 0 spiro atoms. The number of aryl methyl sites for hydroxylation is 3. The second kappa shape index (κ2) is 8.05. The van der Waals surface area contributed by atoms with Crippen molar-refractivity contribution >= 4 is 11.9 Å². The first kappa shape index (κ1) is 19.9. The van der Waals surface area contributed by atoms with Crippen molar-refractivity contribution in [2.24, 2.45) is 0 Å². The summed E-state index contributed by atoms with van der Waals surface area (Å²) in [6.07, 6.45) is -0.379. The lowest BCUT2D eigenvalue weighted by molar-refractivity contribution is -0.147. The van der Waals surface area contributed by atoms with Crippen molar-refractivity contribution < 1.29 is 19.4 Å². The third-order valence-electron chi connectivity index (χ3n) is 4.82. The zero-order chi connectivity index (χ0) is 20.4. The van der Waals surface area contributed by atoms with Crippen LogP contribution in [0.5, 0.6) is 0 Å². The first-order chi connectivity index (χ1) is 13.2. The van der Waals surface area contributed by atoms with Crippen LogP contribution >= 0.6 is 0 Å². The number of carboxylic acids is 1. The van der Waals surface area contributed by atoms with E-state index in [0.717, 1.165) is 28.3 Å². The number of carbonyl (C=O) groups is 2. The molecule has 2 aromatic rings. The number of hydrogen-bond acceptors (Lipinski definition) is 6. The highest BCUT2D eigenvalue weighted by Crippen LogP contribution is 2.19. The Labute approximate surface area is 163 Å². The maximum Gasteiger partial charge on any atom is 0.306 e. The van der Waals surface area contributed by atoms with Crippen molar-refractivity contribution in [3.8, 4) is 5.95 Å². The molecule has 1 unspecified atom stereocenters. The third kappa shape index (κ3) is 4.36. The highest BCUT2D eigenvalue weighted by molar-refractivity contribution is 5.79. The normalized spacial score (nSPS) is 17.0. The molecule has 9 nitrogen and oxygen atoms in total.